The van der Waals surface area contributed by atoms with Crippen LogP contribution < -0.4 is 5.32 Å². The standard InChI is InChI=1S/C16H29N3O3/c1-18(2)8-4-7-15(20)17-13-5-3-6-14(16(13)21)19-9-11-22-12-10-19/h4,7,13-14,16,21H,3,5-6,8-12H2,1-2H3,(H,17,20)/b7-4+/t13-,14-,16-/m1/s1. The number of aliphatic hydroxyl groups is 1. The van der Waals surface area contributed by atoms with Gasteiger partial charge in [0.1, 0.15) is 0 Å². The molecule has 2 aliphatic rings. The number of ether oxygens (including phenoxy) is 1. The molecule has 0 aromatic carbocycles. The van der Waals surface area contributed by atoms with E-state index in [0.717, 1.165) is 52.1 Å². The number of carbonyl (C=O) groups excluding carboxylic acids is 1. The monoisotopic (exact) mass is 311 g/mol. The van der Waals surface area contributed by atoms with Gasteiger partial charge in [-0.1, -0.05) is 6.08 Å². The number of carbonyl (C=O) groups is 1. The van der Waals surface area contributed by atoms with Crippen LogP contribution in [0.2, 0.25) is 0 Å². The van der Waals surface area contributed by atoms with E-state index in [1.165, 1.54) is 0 Å². The van der Waals surface area contributed by atoms with Crippen LogP contribution in [0, 0.1) is 0 Å². The van der Waals surface area contributed by atoms with Crippen molar-refractivity contribution in [3.8, 4) is 0 Å². The zero-order valence-electron chi connectivity index (χ0n) is 13.7. The number of hydrogen-bond donors (Lipinski definition) is 2. The van der Waals surface area contributed by atoms with Gasteiger partial charge in [0.05, 0.1) is 25.4 Å². The van der Waals surface area contributed by atoms with Crippen LogP contribution in [0.1, 0.15) is 19.3 Å². The van der Waals surface area contributed by atoms with E-state index in [9.17, 15) is 9.90 Å². The van der Waals surface area contributed by atoms with E-state index in [1.54, 1.807) is 6.08 Å². The van der Waals surface area contributed by atoms with Crippen LogP contribution in [0.15, 0.2) is 12.2 Å². The Balaban J connectivity index is 1.85. The van der Waals surface area contributed by atoms with Gasteiger partial charge in [-0.2, -0.15) is 0 Å². The van der Waals surface area contributed by atoms with Crippen molar-refractivity contribution in [2.24, 2.45) is 0 Å². The van der Waals surface area contributed by atoms with E-state index >= 15 is 0 Å². The molecule has 0 aromatic rings. The van der Waals surface area contributed by atoms with Crippen molar-refractivity contribution in [3.63, 3.8) is 0 Å². The molecule has 1 aliphatic heterocycles. The summed E-state index contributed by atoms with van der Waals surface area (Å²) in [5, 5.41) is 13.6. The molecule has 6 heteroatoms. The molecule has 126 valence electrons. The minimum absolute atomic E-state index is 0.117. The molecule has 1 amide bonds. The molecule has 0 aromatic heterocycles. The average Bonchev–Trinajstić information content (AvgIpc) is 2.50. The number of rotatable bonds is 5. The summed E-state index contributed by atoms with van der Waals surface area (Å²) in [6, 6.07) is -0.0215. The minimum Gasteiger partial charge on any atom is -0.389 e. The summed E-state index contributed by atoms with van der Waals surface area (Å²) in [6.07, 6.45) is 5.76. The Labute approximate surface area is 133 Å². The Morgan fingerprint density at radius 2 is 2.09 bits per heavy atom. The summed E-state index contributed by atoms with van der Waals surface area (Å²) in [4.78, 5) is 16.3. The molecule has 1 saturated carbocycles. The van der Waals surface area contributed by atoms with Gasteiger partial charge >= 0.3 is 0 Å². The third kappa shape index (κ3) is 5.05. The smallest absolute Gasteiger partial charge is 0.244 e. The first-order chi connectivity index (χ1) is 10.6. The lowest BCUT2D eigenvalue weighted by Gasteiger charge is -2.42. The van der Waals surface area contributed by atoms with Crippen LogP contribution >= 0.6 is 0 Å². The highest BCUT2D eigenvalue weighted by Gasteiger charge is 2.36. The lowest BCUT2D eigenvalue weighted by molar-refractivity contribution is -0.119. The average molecular weight is 311 g/mol. The predicted octanol–water partition coefficient (Wildman–Crippen LogP) is -0.165. The second-order valence-corrected chi connectivity index (χ2v) is 6.42. The van der Waals surface area contributed by atoms with Crippen LogP contribution in [-0.4, -0.2) is 85.9 Å². The fourth-order valence-corrected chi connectivity index (χ4v) is 3.22. The van der Waals surface area contributed by atoms with E-state index < -0.39 is 6.10 Å². The van der Waals surface area contributed by atoms with Crippen LogP contribution in [-0.2, 0) is 9.53 Å². The Kier molecular flexibility index (Phi) is 6.82. The zero-order chi connectivity index (χ0) is 15.9. The second-order valence-electron chi connectivity index (χ2n) is 6.42. The highest BCUT2D eigenvalue weighted by Crippen LogP contribution is 2.24. The number of aliphatic hydroxyl groups excluding tert-OH is 1. The third-order valence-corrected chi connectivity index (χ3v) is 4.40. The summed E-state index contributed by atoms with van der Waals surface area (Å²) in [6.45, 7) is 3.92. The van der Waals surface area contributed by atoms with Gasteiger partial charge in [-0.3, -0.25) is 9.69 Å². The van der Waals surface area contributed by atoms with Crippen LogP contribution in [0.25, 0.3) is 0 Å². The van der Waals surface area contributed by atoms with Crippen molar-refractivity contribution < 1.29 is 14.6 Å². The maximum absolute atomic E-state index is 12.0. The van der Waals surface area contributed by atoms with Gasteiger partial charge in [0.25, 0.3) is 0 Å². The van der Waals surface area contributed by atoms with Crippen molar-refractivity contribution in [2.45, 2.75) is 37.5 Å². The molecule has 0 unspecified atom stereocenters. The fraction of sp³-hybridized carbons (Fsp3) is 0.812. The first-order valence-corrected chi connectivity index (χ1v) is 8.19. The second kappa shape index (κ2) is 8.62. The molecule has 3 atom stereocenters. The topological polar surface area (TPSA) is 65.0 Å². The molecule has 2 rings (SSSR count). The van der Waals surface area contributed by atoms with E-state index in [0.29, 0.717) is 0 Å². The summed E-state index contributed by atoms with van der Waals surface area (Å²) in [5.41, 5.74) is 0. The molecule has 6 nitrogen and oxygen atoms in total. The number of likely N-dealkylation sites (N-methyl/N-ethyl adjacent to an activating group) is 1. The first kappa shape index (κ1) is 17.4. The normalized spacial score (nSPS) is 30.8. The number of morpholine rings is 1. The van der Waals surface area contributed by atoms with Crippen molar-refractivity contribution in [1.29, 1.82) is 0 Å². The van der Waals surface area contributed by atoms with Gasteiger partial charge in [-0.05, 0) is 33.4 Å². The Morgan fingerprint density at radius 1 is 1.36 bits per heavy atom. The molecule has 2 N–H and O–H groups in total. The zero-order valence-corrected chi connectivity index (χ0v) is 13.7. The molecule has 0 bridgehead atoms. The molecule has 22 heavy (non-hydrogen) atoms. The number of nitrogens with zero attached hydrogens (tertiary/aromatic N) is 2. The van der Waals surface area contributed by atoms with E-state index in [2.05, 4.69) is 10.2 Å². The van der Waals surface area contributed by atoms with Crippen molar-refractivity contribution in [2.75, 3.05) is 46.9 Å². The largest absolute Gasteiger partial charge is 0.389 e. The highest BCUT2D eigenvalue weighted by atomic mass is 16.5. The molecule has 1 saturated heterocycles. The Morgan fingerprint density at radius 3 is 2.77 bits per heavy atom. The molecular weight excluding hydrogens is 282 g/mol. The highest BCUT2D eigenvalue weighted by molar-refractivity contribution is 5.87. The summed E-state index contributed by atoms with van der Waals surface area (Å²) in [7, 11) is 3.92. The fourth-order valence-electron chi connectivity index (χ4n) is 3.22. The van der Waals surface area contributed by atoms with Gasteiger partial charge in [-0.25, -0.2) is 0 Å². The van der Waals surface area contributed by atoms with Crippen LogP contribution in [0.3, 0.4) is 0 Å². The Hall–Kier alpha value is -0.950. The SMILES string of the molecule is CN(C)C/C=C/C(=O)N[C@@H]1CCC[C@@H](N2CCOCC2)[C@@H]1O. The maximum Gasteiger partial charge on any atom is 0.244 e. The van der Waals surface area contributed by atoms with Crippen LogP contribution in [0.5, 0.6) is 0 Å². The number of amides is 1. The molecular formula is C16H29N3O3. The van der Waals surface area contributed by atoms with Gasteiger partial charge in [0, 0.05) is 31.8 Å². The molecule has 2 fully saturated rings. The molecule has 1 aliphatic carbocycles. The summed E-state index contributed by atoms with van der Waals surface area (Å²) in [5.74, 6) is -0.117. The molecule has 0 spiro atoms. The van der Waals surface area contributed by atoms with Gasteiger partial charge in [-0.15, -0.1) is 0 Å². The van der Waals surface area contributed by atoms with Crippen molar-refractivity contribution >= 4 is 5.91 Å². The first-order valence-electron chi connectivity index (χ1n) is 8.19. The molecule has 1 heterocycles. The van der Waals surface area contributed by atoms with Crippen LogP contribution in [0.4, 0.5) is 0 Å². The van der Waals surface area contributed by atoms with E-state index in [1.807, 2.05) is 25.1 Å². The van der Waals surface area contributed by atoms with Crippen molar-refractivity contribution in [3.05, 3.63) is 12.2 Å². The van der Waals surface area contributed by atoms with Gasteiger partial charge in [0.2, 0.25) is 5.91 Å². The minimum atomic E-state index is -0.502. The quantitative estimate of drug-likeness (QED) is 0.691. The number of hydrogen-bond acceptors (Lipinski definition) is 5. The molecule has 0 radical (unpaired) electrons. The van der Waals surface area contributed by atoms with E-state index in [4.69, 9.17) is 4.74 Å². The van der Waals surface area contributed by atoms with E-state index in [-0.39, 0.29) is 18.0 Å². The summed E-state index contributed by atoms with van der Waals surface area (Å²) >= 11 is 0. The van der Waals surface area contributed by atoms with Gasteiger partial charge < -0.3 is 20.1 Å². The maximum atomic E-state index is 12.0. The summed E-state index contributed by atoms with van der Waals surface area (Å²) < 4.78 is 5.37. The number of nitrogens with one attached hydrogen (secondary N) is 1. The lowest BCUT2D eigenvalue weighted by atomic mass is 9.86. The third-order valence-electron chi connectivity index (χ3n) is 4.40. The lowest BCUT2D eigenvalue weighted by Crippen LogP contribution is -2.58. The Bertz CT molecular complexity index is 381. The van der Waals surface area contributed by atoms with Gasteiger partial charge in [0.15, 0.2) is 0 Å². The predicted molar refractivity (Wildman–Crippen MR) is 85.7 cm³/mol. The van der Waals surface area contributed by atoms with Crippen molar-refractivity contribution in [1.82, 2.24) is 15.1 Å².